The molecule has 1 fully saturated rings. The van der Waals surface area contributed by atoms with Gasteiger partial charge in [0.15, 0.2) is 11.5 Å². The second-order valence-corrected chi connectivity index (χ2v) is 9.54. The van der Waals surface area contributed by atoms with Crippen LogP contribution in [0.15, 0.2) is 65.1 Å². The van der Waals surface area contributed by atoms with Crippen molar-refractivity contribution in [1.29, 1.82) is 0 Å². The summed E-state index contributed by atoms with van der Waals surface area (Å²) in [7, 11) is -0.774. The van der Waals surface area contributed by atoms with Crippen LogP contribution in [0.5, 0.6) is 17.2 Å². The smallest absolute Gasteiger partial charge is 0.243 e. The molecule has 0 saturated carbocycles. The predicted molar refractivity (Wildman–Crippen MR) is 129 cm³/mol. The Kier molecular flexibility index (Phi) is 8.67. The van der Waals surface area contributed by atoms with Crippen molar-refractivity contribution in [3.63, 3.8) is 0 Å². The number of carbonyl (C=O) groups is 1. The molecule has 1 amide bonds. The van der Waals surface area contributed by atoms with Gasteiger partial charge in [0.2, 0.25) is 15.9 Å². The standard InChI is InChI=1S/C24H29N3O6S/c1-4-14-33-20-7-5-6-18(15-20)17-25-26-24(28)19-10-12-27(13-11-19)34(29,30)21-8-9-22(31-2)23(16-21)32-3/h4-9,15-17,19H,1,10-14H2,2-3H3,(H,26,28)/b25-17-. The number of nitrogens with one attached hydrogen (secondary N) is 1. The lowest BCUT2D eigenvalue weighted by atomic mass is 9.98. The zero-order chi connectivity index (χ0) is 24.6. The van der Waals surface area contributed by atoms with E-state index in [0.717, 1.165) is 5.56 Å². The fourth-order valence-electron chi connectivity index (χ4n) is 3.59. The van der Waals surface area contributed by atoms with E-state index in [1.54, 1.807) is 18.2 Å². The average Bonchev–Trinajstić information content (AvgIpc) is 2.87. The van der Waals surface area contributed by atoms with Crippen molar-refractivity contribution in [2.24, 2.45) is 11.0 Å². The molecule has 182 valence electrons. The number of methoxy groups -OCH3 is 2. The topological polar surface area (TPSA) is 107 Å². The Morgan fingerprint density at radius 2 is 1.88 bits per heavy atom. The number of piperidine rings is 1. The Balaban J connectivity index is 1.55. The Labute approximate surface area is 200 Å². The SMILES string of the molecule is C=CCOc1cccc(/C=N\NC(=O)C2CCN(S(=O)(=O)c3ccc(OC)c(OC)c3)CC2)c1. The molecule has 1 N–H and O–H groups in total. The third-order valence-corrected chi connectivity index (χ3v) is 7.33. The van der Waals surface area contributed by atoms with Crippen molar-refractivity contribution < 1.29 is 27.4 Å². The number of carbonyl (C=O) groups excluding carboxylic acids is 1. The molecule has 1 aliphatic heterocycles. The third-order valence-electron chi connectivity index (χ3n) is 5.43. The summed E-state index contributed by atoms with van der Waals surface area (Å²) in [6, 6.07) is 11.8. The maximum absolute atomic E-state index is 13.0. The molecule has 1 saturated heterocycles. The zero-order valence-corrected chi connectivity index (χ0v) is 20.1. The van der Waals surface area contributed by atoms with Crippen LogP contribution in [0.3, 0.4) is 0 Å². The third kappa shape index (κ3) is 6.15. The van der Waals surface area contributed by atoms with Crippen LogP contribution in [0.2, 0.25) is 0 Å². The molecule has 0 aliphatic carbocycles. The molecular weight excluding hydrogens is 458 g/mol. The van der Waals surface area contributed by atoms with Gasteiger partial charge in [0.25, 0.3) is 0 Å². The molecule has 10 heteroatoms. The lowest BCUT2D eigenvalue weighted by Gasteiger charge is -2.30. The first-order chi connectivity index (χ1) is 16.4. The summed E-state index contributed by atoms with van der Waals surface area (Å²) < 4.78 is 43.3. The van der Waals surface area contributed by atoms with Crippen molar-refractivity contribution in [3.8, 4) is 17.2 Å². The number of nitrogens with zero attached hydrogens (tertiary/aromatic N) is 2. The summed E-state index contributed by atoms with van der Waals surface area (Å²) in [5.74, 6) is 0.912. The van der Waals surface area contributed by atoms with Gasteiger partial charge in [-0.25, -0.2) is 13.8 Å². The molecule has 9 nitrogen and oxygen atoms in total. The number of rotatable bonds is 10. The van der Waals surface area contributed by atoms with E-state index in [-0.39, 0.29) is 29.8 Å². The molecule has 2 aromatic rings. The second-order valence-electron chi connectivity index (χ2n) is 7.60. The van der Waals surface area contributed by atoms with Crippen LogP contribution < -0.4 is 19.6 Å². The van der Waals surface area contributed by atoms with Gasteiger partial charge in [-0.2, -0.15) is 9.41 Å². The van der Waals surface area contributed by atoms with Crippen molar-refractivity contribution in [3.05, 3.63) is 60.7 Å². The molecule has 1 heterocycles. The fraction of sp³-hybridized carbons (Fsp3) is 0.333. The van der Waals surface area contributed by atoms with Crippen LogP contribution in [0.25, 0.3) is 0 Å². The molecule has 34 heavy (non-hydrogen) atoms. The number of hydrogen-bond donors (Lipinski definition) is 1. The Hall–Kier alpha value is -3.37. The first kappa shape index (κ1) is 25.3. The number of amides is 1. The van der Waals surface area contributed by atoms with Gasteiger partial charge in [0.05, 0.1) is 25.3 Å². The van der Waals surface area contributed by atoms with Gasteiger partial charge < -0.3 is 14.2 Å². The minimum atomic E-state index is -3.71. The fourth-order valence-corrected chi connectivity index (χ4v) is 5.07. The van der Waals surface area contributed by atoms with E-state index in [4.69, 9.17) is 14.2 Å². The van der Waals surface area contributed by atoms with Crippen molar-refractivity contribution in [2.75, 3.05) is 33.9 Å². The number of sulfonamides is 1. The monoisotopic (exact) mass is 487 g/mol. The maximum atomic E-state index is 13.0. The Morgan fingerprint density at radius 1 is 1.15 bits per heavy atom. The first-order valence-electron chi connectivity index (χ1n) is 10.8. The van der Waals surface area contributed by atoms with E-state index in [9.17, 15) is 13.2 Å². The summed E-state index contributed by atoms with van der Waals surface area (Å²) in [5.41, 5.74) is 3.33. The highest BCUT2D eigenvalue weighted by atomic mass is 32.2. The normalized spacial score (nSPS) is 15.1. The average molecular weight is 488 g/mol. The van der Waals surface area contributed by atoms with Crippen LogP contribution in [0, 0.1) is 5.92 Å². The summed E-state index contributed by atoms with van der Waals surface area (Å²) in [6.45, 7) is 4.49. The van der Waals surface area contributed by atoms with Gasteiger partial charge in [-0.15, -0.1) is 0 Å². The van der Waals surface area contributed by atoms with E-state index in [0.29, 0.717) is 36.7 Å². The second kappa shape index (κ2) is 11.7. The van der Waals surface area contributed by atoms with Crippen LogP contribution >= 0.6 is 0 Å². The van der Waals surface area contributed by atoms with Gasteiger partial charge in [-0.3, -0.25) is 4.79 Å². The quantitative estimate of drug-likeness (QED) is 0.314. The van der Waals surface area contributed by atoms with Crippen LogP contribution in [-0.4, -0.2) is 58.8 Å². The molecule has 0 aromatic heterocycles. The summed E-state index contributed by atoms with van der Waals surface area (Å²) >= 11 is 0. The van der Waals surface area contributed by atoms with Gasteiger partial charge in [0, 0.05) is 25.1 Å². The molecule has 2 aromatic carbocycles. The van der Waals surface area contributed by atoms with Crippen LogP contribution in [0.1, 0.15) is 18.4 Å². The highest BCUT2D eigenvalue weighted by molar-refractivity contribution is 7.89. The van der Waals surface area contributed by atoms with Crippen molar-refractivity contribution in [1.82, 2.24) is 9.73 Å². The maximum Gasteiger partial charge on any atom is 0.243 e. The first-order valence-corrected chi connectivity index (χ1v) is 12.2. The molecule has 3 rings (SSSR count). The lowest BCUT2D eigenvalue weighted by Crippen LogP contribution is -2.42. The number of hydrazone groups is 1. The van der Waals surface area contributed by atoms with Crippen molar-refractivity contribution in [2.45, 2.75) is 17.7 Å². The van der Waals surface area contributed by atoms with E-state index in [1.807, 2.05) is 18.2 Å². The van der Waals surface area contributed by atoms with Crippen molar-refractivity contribution >= 4 is 22.1 Å². The molecule has 0 atom stereocenters. The van der Waals surface area contributed by atoms with E-state index >= 15 is 0 Å². The summed E-state index contributed by atoms with van der Waals surface area (Å²) in [5, 5.41) is 4.03. The van der Waals surface area contributed by atoms with Gasteiger partial charge in [-0.05, 0) is 42.7 Å². The van der Waals surface area contributed by atoms with Crippen LogP contribution in [0.4, 0.5) is 0 Å². The predicted octanol–water partition coefficient (Wildman–Crippen LogP) is 2.82. The highest BCUT2D eigenvalue weighted by Crippen LogP contribution is 2.32. The zero-order valence-electron chi connectivity index (χ0n) is 19.3. The van der Waals surface area contributed by atoms with E-state index in [1.165, 1.54) is 36.9 Å². The molecule has 1 aliphatic rings. The number of hydrogen-bond acceptors (Lipinski definition) is 7. The minimum Gasteiger partial charge on any atom is -0.493 e. The Morgan fingerprint density at radius 3 is 2.56 bits per heavy atom. The van der Waals surface area contributed by atoms with Gasteiger partial charge in [-0.1, -0.05) is 24.8 Å². The number of ether oxygens (including phenoxy) is 3. The molecule has 0 radical (unpaired) electrons. The summed E-state index contributed by atoms with van der Waals surface area (Å²) in [6.07, 6.45) is 4.00. The molecule has 0 bridgehead atoms. The minimum absolute atomic E-state index is 0.122. The van der Waals surface area contributed by atoms with E-state index in [2.05, 4.69) is 17.1 Å². The van der Waals surface area contributed by atoms with Gasteiger partial charge >= 0.3 is 0 Å². The molecular formula is C24H29N3O6S. The number of benzene rings is 2. The highest BCUT2D eigenvalue weighted by Gasteiger charge is 2.32. The van der Waals surface area contributed by atoms with Crippen LogP contribution in [-0.2, 0) is 14.8 Å². The largest absolute Gasteiger partial charge is 0.493 e. The Bertz CT molecular complexity index is 1140. The summed E-state index contributed by atoms with van der Waals surface area (Å²) in [4.78, 5) is 12.6. The lowest BCUT2D eigenvalue weighted by molar-refractivity contribution is -0.126. The molecule has 0 unspecified atom stereocenters. The van der Waals surface area contributed by atoms with Gasteiger partial charge in [0.1, 0.15) is 12.4 Å². The molecule has 0 spiro atoms. The van der Waals surface area contributed by atoms with E-state index < -0.39 is 10.0 Å².